The van der Waals surface area contributed by atoms with Gasteiger partial charge in [0, 0.05) is 6.20 Å². The molecule has 0 saturated carbocycles. The van der Waals surface area contributed by atoms with Crippen LogP contribution in [0.15, 0.2) is 29.5 Å². The molecule has 4 nitrogen and oxygen atoms in total. The van der Waals surface area contributed by atoms with Crippen molar-refractivity contribution in [2.75, 3.05) is 6.61 Å². The minimum atomic E-state index is -0.187. The summed E-state index contributed by atoms with van der Waals surface area (Å²) in [5, 5.41) is 12.1. The minimum Gasteiger partial charge on any atom is -0.390 e. The van der Waals surface area contributed by atoms with E-state index in [2.05, 4.69) is 10.1 Å². The lowest BCUT2D eigenvalue weighted by Crippen LogP contribution is -2.10. The van der Waals surface area contributed by atoms with Crippen LogP contribution in [0.4, 0.5) is 0 Å². The predicted molar refractivity (Wildman–Crippen MR) is 42.0 cm³/mol. The average Bonchev–Trinajstić information content (AvgIpc) is 2.09. The number of aliphatic hydroxyl groups is 1. The van der Waals surface area contributed by atoms with E-state index in [0.717, 1.165) is 0 Å². The summed E-state index contributed by atoms with van der Waals surface area (Å²) in [5.74, 6) is 5.00. The molecule has 0 aromatic carbocycles. The standard InChI is InChI=1S/C7H9N3O/c8-10-7(5-11)6-3-1-2-4-9-6/h1-4,11H,5,8H2. The van der Waals surface area contributed by atoms with Gasteiger partial charge in [-0.15, -0.1) is 0 Å². The first-order valence-electron chi connectivity index (χ1n) is 3.17. The molecule has 1 heterocycles. The Hall–Kier alpha value is -1.42. The molecule has 0 saturated heterocycles. The lowest BCUT2D eigenvalue weighted by atomic mass is 10.2. The topological polar surface area (TPSA) is 71.5 Å². The van der Waals surface area contributed by atoms with Gasteiger partial charge in [0.25, 0.3) is 0 Å². The van der Waals surface area contributed by atoms with Crippen molar-refractivity contribution < 1.29 is 5.11 Å². The molecule has 1 aromatic rings. The van der Waals surface area contributed by atoms with Gasteiger partial charge in [0.15, 0.2) is 0 Å². The summed E-state index contributed by atoms with van der Waals surface area (Å²) in [5.41, 5.74) is 1.00. The number of aromatic nitrogens is 1. The highest BCUT2D eigenvalue weighted by molar-refractivity contribution is 5.99. The van der Waals surface area contributed by atoms with Gasteiger partial charge in [-0.1, -0.05) is 6.07 Å². The van der Waals surface area contributed by atoms with Crippen LogP contribution in [-0.4, -0.2) is 22.4 Å². The minimum absolute atomic E-state index is 0.187. The van der Waals surface area contributed by atoms with E-state index >= 15 is 0 Å². The Morgan fingerprint density at radius 3 is 2.91 bits per heavy atom. The average molecular weight is 151 g/mol. The quantitative estimate of drug-likeness (QED) is 0.347. The Kier molecular flexibility index (Phi) is 2.57. The zero-order chi connectivity index (χ0) is 8.10. The van der Waals surface area contributed by atoms with Crippen molar-refractivity contribution in [3.8, 4) is 0 Å². The highest BCUT2D eigenvalue weighted by atomic mass is 16.3. The zero-order valence-corrected chi connectivity index (χ0v) is 5.94. The van der Waals surface area contributed by atoms with E-state index in [1.165, 1.54) is 0 Å². The van der Waals surface area contributed by atoms with Crippen molar-refractivity contribution in [1.29, 1.82) is 0 Å². The van der Waals surface area contributed by atoms with Gasteiger partial charge in [-0.25, -0.2) is 0 Å². The maximum absolute atomic E-state index is 8.73. The van der Waals surface area contributed by atoms with Gasteiger partial charge < -0.3 is 10.9 Å². The molecule has 0 atom stereocenters. The largest absolute Gasteiger partial charge is 0.390 e. The molecule has 0 aliphatic heterocycles. The van der Waals surface area contributed by atoms with Gasteiger partial charge >= 0.3 is 0 Å². The summed E-state index contributed by atoms with van der Waals surface area (Å²) in [6.45, 7) is -0.187. The Balaban J connectivity index is 2.92. The lowest BCUT2D eigenvalue weighted by Gasteiger charge is -1.97. The molecule has 1 rings (SSSR count). The van der Waals surface area contributed by atoms with E-state index < -0.39 is 0 Å². The number of hydrogen-bond donors (Lipinski definition) is 2. The number of pyridine rings is 1. The number of hydrazone groups is 1. The van der Waals surface area contributed by atoms with Crippen LogP contribution >= 0.6 is 0 Å². The molecule has 0 bridgehead atoms. The second kappa shape index (κ2) is 3.68. The lowest BCUT2D eigenvalue weighted by molar-refractivity contribution is 0.357. The first-order chi connectivity index (χ1) is 5.38. The van der Waals surface area contributed by atoms with E-state index in [0.29, 0.717) is 11.4 Å². The van der Waals surface area contributed by atoms with E-state index in [1.807, 2.05) is 6.07 Å². The van der Waals surface area contributed by atoms with Crippen LogP contribution in [0, 0.1) is 0 Å². The molecule has 0 spiro atoms. The molecule has 0 unspecified atom stereocenters. The fourth-order valence-corrected chi connectivity index (χ4v) is 0.721. The van der Waals surface area contributed by atoms with Crippen molar-refractivity contribution in [1.82, 2.24) is 4.98 Å². The van der Waals surface area contributed by atoms with Crippen molar-refractivity contribution in [3.63, 3.8) is 0 Å². The van der Waals surface area contributed by atoms with E-state index in [4.69, 9.17) is 10.9 Å². The van der Waals surface area contributed by atoms with Gasteiger partial charge in [0.2, 0.25) is 0 Å². The van der Waals surface area contributed by atoms with E-state index in [-0.39, 0.29) is 6.61 Å². The van der Waals surface area contributed by atoms with Gasteiger partial charge in [0.05, 0.1) is 12.3 Å². The second-order valence-corrected chi connectivity index (χ2v) is 1.95. The van der Waals surface area contributed by atoms with Crippen LogP contribution in [0.25, 0.3) is 0 Å². The third-order valence-electron chi connectivity index (χ3n) is 1.27. The van der Waals surface area contributed by atoms with Crippen molar-refractivity contribution in [2.24, 2.45) is 10.9 Å². The Morgan fingerprint density at radius 1 is 1.64 bits per heavy atom. The Bertz CT molecular complexity index is 245. The number of hydrogen-bond acceptors (Lipinski definition) is 4. The summed E-state index contributed by atoms with van der Waals surface area (Å²) in [4.78, 5) is 3.95. The zero-order valence-electron chi connectivity index (χ0n) is 5.94. The summed E-state index contributed by atoms with van der Waals surface area (Å²) in [6.07, 6.45) is 1.62. The maximum atomic E-state index is 8.73. The molecule has 0 radical (unpaired) electrons. The van der Waals surface area contributed by atoms with Crippen molar-refractivity contribution >= 4 is 5.71 Å². The predicted octanol–water partition coefficient (Wildman–Crippen LogP) is -0.263. The number of nitrogens with zero attached hydrogens (tertiary/aromatic N) is 2. The molecule has 4 heteroatoms. The fraction of sp³-hybridized carbons (Fsp3) is 0.143. The van der Waals surface area contributed by atoms with Crippen molar-refractivity contribution in [2.45, 2.75) is 0 Å². The highest BCUT2D eigenvalue weighted by Crippen LogP contribution is 1.94. The van der Waals surface area contributed by atoms with Gasteiger partial charge in [-0.2, -0.15) is 5.10 Å². The SMILES string of the molecule is NN=C(CO)c1ccccn1. The Morgan fingerprint density at radius 2 is 2.45 bits per heavy atom. The smallest absolute Gasteiger partial charge is 0.111 e. The van der Waals surface area contributed by atoms with Crippen molar-refractivity contribution in [3.05, 3.63) is 30.1 Å². The van der Waals surface area contributed by atoms with Crippen LogP contribution in [-0.2, 0) is 0 Å². The molecular formula is C7H9N3O. The summed E-state index contributed by atoms with van der Waals surface area (Å²) in [7, 11) is 0. The van der Waals surface area contributed by atoms with E-state index in [1.54, 1.807) is 18.3 Å². The van der Waals surface area contributed by atoms with Gasteiger partial charge in [-0.3, -0.25) is 4.98 Å². The Labute approximate surface area is 64.4 Å². The summed E-state index contributed by atoms with van der Waals surface area (Å²) >= 11 is 0. The van der Waals surface area contributed by atoms with Gasteiger partial charge in [0.1, 0.15) is 5.71 Å². The van der Waals surface area contributed by atoms with Crippen LogP contribution in [0.1, 0.15) is 5.69 Å². The molecule has 11 heavy (non-hydrogen) atoms. The first kappa shape index (κ1) is 7.68. The first-order valence-corrected chi connectivity index (χ1v) is 3.17. The molecular weight excluding hydrogens is 142 g/mol. The number of aliphatic hydroxyl groups excluding tert-OH is 1. The highest BCUT2D eigenvalue weighted by Gasteiger charge is 2.00. The third-order valence-corrected chi connectivity index (χ3v) is 1.27. The fourth-order valence-electron chi connectivity index (χ4n) is 0.721. The molecule has 0 aliphatic carbocycles. The van der Waals surface area contributed by atoms with Gasteiger partial charge in [-0.05, 0) is 12.1 Å². The molecule has 1 aromatic heterocycles. The summed E-state index contributed by atoms with van der Waals surface area (Å²) < 4.78 is 0. The number of rotatable bonds is 2. The van der Waals surface area contributed by atoms with Crippen LogP contribution in [0.3, 0.4) is 0 Å². The second-order valence-electron chi connectivity index (χ2n) is 1.95. The molecule has 0 amide bonds. The monoisotopic (exact) mass is 151 g/mol. The molecule has 3 N–H and O–H groups in total. The number of nitrogens with two attached hydrogens (primary N) is 1. The van der Waals surface area contributed by atoms with Crippen LogP contribution < -0.4 is 5.84 Å². The third kappa shape index (κ3) is 1.75. The normalized spacial score (nSPS) is 11.5. The summed E-state index contributed by atoms with van der Waals surface area (Å²) in [6, 6.07) is 5.33. The maximum Gasteiger partial charge on any atom is 0.111 e. The molecule has 58 valence electrons. The molecule has 0 fully saturated rings. The molecule has 0 aliphatic rings. The van der Waals surface area contributed by atoms with Crippen LogP contribution in [0.5, 0.6) is 0 Å². The van der Waals surface area contributed by atoms with Crippen LogP contribution in [0.2, 0.25) is 0 Å². The van der Waals surface area contributed by atoms with E-state index in [9.17, 15) is 0 Å².